The number of ether oxygens (including phenoxy) is 3. The quantitative estimate of drug-likeness (QED) is 0.715. The number of carbonyl (C=O) groups is 1. The van der Waals surface area contributed by atoms with Crippen molar-refractivity contribution in [3.05, 3.63) is 0 Å². The standard InChI is InChI=1S/C13H23NO4/c15-13(18-10-12-2-1-8-16-12)5-9-17-11-3-6-14-7-4-11/h11-12,14H,1-10H2. The van der Waals surface area contributed by atoms with Crippen LogP contribution in [-0.2, 0) is 19.0 Å². The second-order valence-corrected chi connectivity index (χ2v) is 4.89. The molecule has 5 heteroatoms. The van der Waals surface area contributed by atoms with Gasteiger partial charge in [-0.3, -0.25) is 4.79 Å². The summed E-state index contributed by atoms with van der Waals surface area (Å²) in [7, 11) is 0. The first-order chi connectivity index (χ1) is 8.84. The van der Waals surface area contributed by atoms with Gasteiger partial charge in [-0.1, -0.05) is 0 Å². The van der Waals surface area contributed by atoms with E-state index in [4.69, 9.17) is 14.2 Å². The molecule has 5 nitrogen and oxygen atoms in total. The molecule has 0 aromatic heterocycles. The topological polar surface area (TPSA) is 56.8 Å². The van der Waals surface area contributed by atoms with Gasteiger partial charge in [0.15, 0.2) is 0 Å². The summed E-state index contributed by atoms with van der Waals surface area (Å²) < 4.78 is 16.2. The third kappa shape index (κ3) is 4.92. The smallest absolute Gasteiger partial charge is 0.308 e. The van der Waals surface area contributed by atoms with Crippen LogP contribution in [0.25, 0.3) is 0 Å². The van der Waals surface area contributed by atoms with Gasteiger partial charge in [0, 0.05) is 6.61 Å². The highest BCUT2D eigenvalue weighted by molar-refractivity contribution is 5.69. The van der Waals surface area contributed by atoms with Crippen molar-refractivity contribution in [3.8, 4) is 0 Å². The molecule has 18 heavy (non-hydrogen) atoms. The Morgan fingerprint density at radius 1 is 1.28 bits per heavy atom. The molecule has 1 atom stereocenters. The molecule has 104 valence electrons. The Morgan fingerprint density at radius 2 is 2.11 bits per heavy atom. The molecule has 1 N–H and O–H groups in total. The van der Waals surface area contributed by atoms with Crippen LogP contribution in [0.3, 0.4) is 0 Å². The molecule has 2 rings (SSSR count). The van der Waals surface area contributed by atoms with E-state index in [9.17, 15) is 4.79 Å². The first-order valence-corrected chi connectivity index (χ1v) is 6.94. The van der Waals surface area contributed by atoms with Crippen molar-refractivity contribution in [2.75, 3.05) is 32.9 Å². The van der Waals surface area contributed by atoms with Crippen molar-refractivity contribution >= 4 is 5.97 Å². The summed E-state index contributed by atoms with van der Waals surface area (Å²) in [6.45, 7) is 3.67. The van der Waals surface area contributed by atoms with Gasteiger partial charge in [0.05, 0.1) is 25.2 Å². The van der Waals surface area contributed by atoms with Crippen LogP contribution in [0.1, 0.15) is 32.1 Å². The lowest BCUT2D eigenvalue weighted by molar-refractivity contribution is -0.148. The summed E-state index contributed by atoms with van der Waals surface area (Å²) in [6.07, 6.45) is 4.89. The molecule has 2 aliphatic rings. The summed E-state index contributed by atoms with van der Waals surface area (Å²) in [4.78, 5) is 11.5. The maximum absolute atomic E-state index is 11.5. The lowest BCUT2D eigenvalue weighted by Gasteiger charge is -2.22. The first-order valence-electron chi connectivity index (χ1n) is 6.94. The second kappa shape index (κ2) is 7.71. The number of nitrogens with one attached hydrogen (secondary N) is 1. The molecule has 2 saturated heterocycles. The summed E-state index contributed by atoms with van der Waals surface area (Å²) in [5, 5.41) is 3.28. The third-order valence-electron chi connectivity index (χ3n) is 3.40. The lowest BCUT2D eigenvalue weighted by atomic mass is 10.1. The zero-order valence-corrected chi connectivity index (χ0v) is 10.9. The van der Waals surface area contributed by atoms with Gasteiger partial charge in [0.25, 0.3) is 0 Å². The van der Waals surface area contributed by atoms with Gasteiger partial charge in [-0.15, -0.1) is 0 Å². The molecule has 0 radical (unpaired) electrons. The number of rotatable bonds is 6. The lowest BCUT2D eigenvalue weighted by Crippen LogP contribution is -2.33. The first kappa shape index (κ1) is 13.8. The Kier molecular flexibility index (Phi) is 5.90. The van der Waals surface area contributed by atoms with E-state index in [2.05, 4.69) is 5.32 Å². The molecular weight excluding hydrogens is 234 g/mol. The Balaban J connectivity index is 1.48. The number of hydrogen-bond donors (Lipinski definition) is 1. The fourth-order valence-electron chi connectivity index (χ4n) is 2.30. The van der Waals surface area contributed by atoms with Crippen LogP contribution in [0.15, 0.2) is 0 Å². The molecule has 0 amide bonds. The Morgan fingerprint density at radius 3 is 2.83 bits per heavy atom. The number of esters is 1. The highest BCUT2D eigenvalue weighted by atomic mass is 16.6. The molecule has 0 aromatic rings. The fraction of sp³-hybridized carbons (Fsp3) is 0.923. The average Bonchev–Trinajstić information content (AvgIpc) is 2.91. The van der Waals surface area contributed by atoms with Gasteiger partial charge >= 0.3 is 5.97 Å². The normalized spacial score (nSPS) is 25.2. The van der Waals surface area contributed by atoms with Crippen molar-refractivity contribution < 1.29 is 19.0 Å². The molecule has 0 spiro atoms. The van der Waals surface area contributed by atoms with Gasteiger partial charge in [-0.2, -0.15) is 0 Å². The average molecular weight is 257 g/mol. The van der Waals surface area contributed by atoms with E-state index in [1.165, 1.54) is 0 Å². The predicted molar refractivity (Wildman–Crippen MR) is 66.4 cm³/mol. The van der Waals surface area contributed by atoms with Gasteiger partial charge in [-0.05, 0) is 38.8 Å². The number of hydrogen-bond acceptors (Lipinski definition) is 5. The Hall–Kier alpha value is -0.650. The molecular formula is C13H23NO4. The summed E-state index contributed by atoms with van der Waals surface area (Å²) >= 11 is 0. The van der Waals surface area contributed by atoms with Crippen LogP contribution in [0.5, 0.6) is 0 Å². The molecule has 2 fully saturated rings. The predicted octanol–water partition coefficient (Wildman–Crippen LogP) is 0.867. The maximum atomic E-state index is 11.5. The van der Waals surface area contributed by atoms with Crippen LogP contribution >= 0.6 is 0 Å². The van der Waals surface area contributed by atoms with Crippen LogP contribution in [-0.4, -0.2) is 51.1 Å². The maximum Gasteiger partial charge on any atom is 0.308 e. The summed E-state index contributed by atoms with van der Waals surface area (Å²) in [5.74, 6) is -0.181. The fourth-order valence-corrected chi connectivity index (χ4v) is 2.30. The minimum atomic E-state index is -0.181. The highest BCUT2D eigenvalue weighted by Gasteiger charge is 2.18. The monoisotopic (exact) mass is 257 g/mol. The van der Waals surface area contributed by atoms with E-state index in [1.54, 1.807) is 0 Å². The zero-order valence-electron chi connectivity index (χ0n) is 10.9. The zero-order chi connectivity index (χ0) is 12.6. The third-order valence-corrected chi connectivity index (χ3v) is 3.40. The molecule has 1 unspecified atom stereocenters. The van der Waals surface area contributed by atoms with Crippen LogP contribution in [0.4, 0.5) is 0 Å². The van der Waals surface area contributed by atoms with E-state index < -0.39 is 0 Å². The molecule has 0 aromatic carbocycles. The largest absolute Gasteiger partial charge is 0.463 e. The van der Waals surface area contributed by atoms with E-state index in [-0.39, 0.29) is 12.1 Å². The number of carbonyl (C=O) groups excluding carboxylic acids is 1. The summed E-state index contributed by atoms with van der Waals surface area (Å²) in [6, 6.07) is 0. The van der Waals surface area contributed by atoms with E-state index >= 15 is 0 Å². The van der Waals surface area contributed by atoms with E-state index in [0.717, 1.165) is 45.4 Å². The summed E-state index contributed by atoms with van der Waals surface area (Å²) in [5.41, 5.74) is 0. The van der Waals surface area contributed by atoms with E-state index in [1.807, 2.05) is 0 Å². The SMILES string of the molecule is O=C(CCOC1CCNCC1)OCC1CCCO1. The number of piperidine rings is 1. The molecule has 0 aliphatic carbocycles. The minimum Gasteiger partial charge on any atom is -0.463 e. The van der Waals surface area contributed by atoms with E-state index in [0.29, 0.717) is 25.7 Å². The second-order valence-electron chi connectivity index (χ2n) is 4.89. The Bertz CT molecular complexity index is 247. The minimum absolute atomic E-state index is 0.110. The van der Waals surface area contributed by atoms with Crippen LogP contribution in [0.2, 0.25) is 0 Å². The molecule has 2 heterocycles. The van der Waals surface area contributed by atoms with Crippen molar-refractivity contribution in [3.63, 3.8) is 0 Å². The Labute approximate surface area is 108 Å². The van der Waals surface area contributed by atoms with Crippen molar-refractivity contribution in [1.29, 1.82) is 0 Å². The highest BCUT2D eigenvalue weighted by Crippen LogP contribution is 2.12. The van der Waals surface area contributed by atoms with Gasteiger partial charge in [0.1, 0.15) is 6.61 Å². The molecule has 0 bridgehead atoms. The molecule has 2 aliphatic heterocycles. The van der Waals surface area contributed by atoms with Crippen molar-refractivity contribution in [2.24, 2.45) is 0 Å². The van der Waals surface area contributed by atoms with Gasteiger partial charge < -0.3 is 19.5 Å². The molecule has 0 saturated carbocycles. The van der Waals surface area contributed by atoms with Crippen LogP contribution < -0.4 is 5.32 Å². The van der Waals surface area contributed by atoms with Crippen molar-refractivity contribution in [1.82, 2.24) is 5.32 Å². The van der Waals surface area contributed by atoms with Gasteiger partial charge in [-0.25, -0.2) is 0 Å². The van der Waals surface area contributed by atoms with Gasteiger partial charge in [0.2, 0.25) is 0 Å². The van der Waals surface area contributed by atoms with Crippen molar-refractivity contribution in [2.45, 2.75) is 44.3 Å². The van der Waals surface area contributed by atoms with Crippen LogP contribution in [0, 0.1) is 0 Å².